The van der Waals surface area contributed by atoms with Crippen LogP contribution in [-0.2, 0) is 6.42 Å². The lowest BCUT2D eigenvalue weighted by Gasteiger charge is -2.34. The van der Waals surface area contributed by atoms with Gasteiger partial charge in [-0.3, -0.25) is 0 Å². The summed E-state index contributed by atoms with van der Waals surface area (Å²) in [5.41, 5.74) is 2.72. The molecule has 0 saturated heterocycles. The Labute approximate surface area is 104 Å². The van der Waals surface area contributed by atoms with Gasteiger partial charge in [0.1, 0.15) is 11.9 Å². The van der Waals surface area contributed by atoms with Gasteiger partial charge in [-0.2, -0.15) is 0 Å². The zero-order valence-electron chi connectivity index (χ0n) is 10.7. The fourth-order valence-corrected chi connectivity index (χ4v) is 3.34. The molecule has 0 N–H and O–H groups in total. The fraction of sp³-hybridized carbons (Fsp3) is 0.625. The van der Waals surface area contributed by atoms with Crippen LogP contribution in [0.15, 0.2) is 18.2 Å². The first kappa shape index (κ1) is 11.1. The van der Waals surface area contributed by atoms with E-state index >= 15 is 0 Å². The molecule has 1 saturated carbocycles. The third kappa shape index (κ3) is 2.34. The summed E-state index contributed by atoms with van der Waals surface area (Å²) in [6.45, 7) is 2.15. The van der Waals surface area contributed by atoms with Gasteiger partial charge in [-0.05, 0) is 55.7 Å². The SMILES string of the molecule is Cc1ccc2c(c1)OC(C1CCCCC1)CC2. The van der Waals surface area contributed by atoms with Crippen molar-refractivity contribution in [1.29, 1.82) is 0 Å². The smallest absolute Gasteiger partial charge is 0.123 e. The van der Waals surface area contributed by atoms with Crippen LogP contribution in [0.4, 0.5) is 0 Å². The number of aryl methyl sites for hydroxylation is 2. The van der Waals surface area contributed by atoms with E-state index in [0.717, 1.165) is 11.7 Å². The standard InChI is InChI=1S/C16H22O/c1-12-7-8-14-9-10-15(17-16(14)11-12)13-5-3-2-4-6-13/h7-8,11,13,15H,2-6,9-10H2,1H3. The molecular weight excluding hydrogens is 208 g/mol. The first-order chi connectivity index (χ1) is 8.33. The molecular formula is C16H22O. The van der Waals surface area contributed by atoms with Gasteiger partial charge >= 0.3 is 0 Å². The maximum absolute atomic E-state index is 6.25. The van der Waals surface area contributed by atoms with Crippen molar-refractivity contribution < 1.29 is 4.74 Å². The van der Waals surface area contributed by atoms with Crippen LogP contribution >= 0.6 is 0 Å². The van der Waals surface area contributed by atoms with Gasteiger partial charge in [0, 0.05) is 0 Å². The van der Waals surface area contributed by atoms with E-state index in [0.29, 0.717) is 6.10 Å². The molecule has 1 fully saturated rings. The molecule has 92 valence electrons. The number of benzene rings is 1. The van der Waals surface area contributed by atoms with Crippen LogP contribution in [0.5, 0.6) is 5.75 Å². The molecule has 0 amide bonds. The summed E-state index contributed by atoms with van der Waals surface area (Å²) in [5.74, 6) is 1.98. The maximum atomic E-state index is 6.25. The van der Waals surface area contributed by atoms with E-state index in [1.807, 2.05) is 0 Å². The Morgan fingerprint density at radius 2 is 1.88 bits per heavy atom. The first-order valence-electron chi connectivity index (χ1n) is 7.09. The lowest BCUT2D eigenvalue weighted by atomic mass is 9.82. The molecule has 1 heterocycles. The van der Waals surface area contributed by atoms with Crippen molar-refractivity contribution in [1.82, 2.24) is 0 Å². The average molecular weight is 230 g/mol. The van der Waals surface area contributed by atoms with Crippen LogP contribution in [0.1, 0.15) is 49.7 Å². The summed E-state index contributed by atoms with van der Waals surface area (Å²) in [6, 6.07) is 6.65. The largest absolute Gasteiger partial charge is 0.490 e. The van der Waals surface area contributed by atoms with E-state index in [1.54, 1.807) is 0 Å². The fourth-order valence-electron chi connectivity index (χ4n) is 3.34. The second kappa shape index (κ2) is 4.72. The highest BCUT2D eigenvalue weighted by Crippen LogP contribution is 2.36. The summed E-state index contributed by atoms with van der Waals surface area (Å²) >= 11 is 0. The number of hydrogen-bond donors (Lipinski definition) is 0. The Balaban J connectivity index is 1.75. The third-order valence-electron chi connectivity index (χ3n) is 4.37. The molecule has 1 aliphatic carbocycles. The summed E-state index contributed by atoms with van der Waals surface area (Å²) in [6.07, 6.45) is 9.93. The molecule has 0 bridgehead atoms. The molecule has 0 spiro atoms. The monoisotopic (exact) mass is 230 g/mol. The highest BCUT2D eigenvalue weighted by atomic mass is 16.5. The molecule has 17 heavy (non-hydrogen) atoms. The van der Waals surface area contributed by atoms with Gasteiger partial charge in [-0.25, -0.2) is 0 Å². The first-order valence-corrected chi connectivity index (χ1v) is 7.09. The molecule has 1 heteroatoms. The number of hydrogen-bond acceptors (Lipinski definition) is 1. The molecule has 1 unspecified atom stereocenters. The Hall–Kier alpha value is -0.980. The van der Waals surface area contributed by atoms with Crippen LogP contribution < -0.4 is 4.74 Å². The minimum absolute atomic E-state index is 0.490. The topological polar surface area (TPSA) is 9.23 Å². The van der Waals surface area contributed by atoms with Crippen molar-refractivity contribution in [3.05, 3.63) is 29.3 Å². The number of ether oxygens (including phenoxy) is 1. The van der Waals surface area contributed by atoms with Crippen molar-refractivity contribution >= 4 is 0 Å². The van der Waals surface area contributed by atoms with Gasteiger partial charge in [-0.1, -0.05) is 31.4 Å². The van der Waals surface area contributed by atoms with Gasteiger partial charge in [0.05, 0.1) is 0 Å². The lowest BCUT2D eigenvalue weighted by molar-refractivity contribution is 0.0879. The molecule has 1 nitrogen and oxygen atoms in total. The molecule has 0 aromatic heterocycles. The highest BCUT2D eigenvalue weighted by molar-refractivity contribution is 5.38. The Morgan fingerprint density at radius 1 is 1.06 bits per heavy atom. The van der Waals surface area contributed by atoms with Gasteiger partial charge in [0.15, 0.2) is 0 Å². The van der Waals surface area contributed by atoms with Gasteiger partial charge < -0.3 is 4.74 Å². The predicted molar refractivity (Wildman–Crippen MR) is 70.5 cm³/mol. The second-order valence-corrected chi connectivity index (χ2v) is 5.70. The molecule has 2 aliphatic rings. The average Bonchev–Trinajstić information content (AvgIpc) is 2.39. The number of rotatable bonds is 1. The van der Waals surface area contributed by atoms with E-state index in [2.05, 4.69) is 25.1 Å². The number of fused-ring (bicyclic) bond motifs is 1. The summed E-state index contributed by atoms with van der Waals surface area (Å²) in [5, 5.41) is 0. The van der Waals surface area contributed by atoms with Crippen LogP contribution in [0.3, 0.4) is 0 Å². The Kier molecular flexibility index (Phi) is 3.09. The van der Waals surface area contributed by atoms with Gasteiger partial charge in [0.25, 0.3) is 0 Å². The minimum atomic E-state index is 0.490. The van der Waals surface area contributed by atoms with Crippen molar-refractivity contribution in [2.45, 2.75) is 58.0 Å². The molecule has 1 atom stereocenters. The molecule has 0 radical (unpaired) electrons. The van der Waals surface area contributed by atoms with E-state index in [-0.39, 0.29) is 0 Å². The van der Waals surface area contributed by atoms with E-state index < -0.39 is 0 Å². The Morgan fingerprint density at radius 3 is 2.71 bits per heavy atom. The third-order valence-corrected chi connectivity index (χ3v) is 4.37. The van der Waals surface area contributed by atoms with Crippen molar-refractivity contribution in [2.24, 2.45) is 5.92 Å². The van der Waals surface area contributed by atoms with Crippen LogP contribution in [0.2, 0.25) is 0 Å². The van der Waals surface area contributed by atoms with Gasteiger partial charge in [-0.15, -0.1) is 0 Å². The maximum Gasteiger partial charge on any atom is 0.123 e. The summed E-state index contributed by atoms with van der Waals surface area (Å²) in [7, 11) is 0. The molecule has 3 rings (SSSR count). The minimum Gasteiger partial charge on any atom is -0.490 e. The molecule has 1 aromatic rings. The highest BCUT2D eigenvalue weighted by Gasteiger charge is 2.28. The Bertz CT molecular complexity index is 391. The van der Waals surface area contributed by atoms with Crippen LogP contribution in [0, 0.1) is 12.8 Å². The normalized spacial score (nSPS) is 25.1. The molecule has 1 aromatic carbocycles. The summed E-state index contributed by atoms with van der Waals surface area (Å²) in [4.78, 5) is 0. The van der Waals surface area contributed by atoms with E-state index in [4.69, 9.17) is 4.74 Å². The van der Waals surface area contributed by atoms with Crippen molar-refractivity contribution in [3.63, 3.8) is 0 Å². The molecule has 1 aliphatic heterocycles. The second-order valence-electron chi connectivity index (χ2n) is 5.70. The summed E-state index contributed by atoms with van der Waals surface area (Å²) < 4.78 is 6.25. The van der Waals surface area contributed by atoms with Crippen molar-refractivity contribution in [3.8, 4) is 5.75 Å². The predicted octanol–water partition coefficient (Wildman–Crippen LogP) is 4.27. The zero-order valence-corrected chi connectivity index (χ0v) is 10.7. The zero-order chi connectivity index (χ0) is 11.7. The van der Waals surface area contributed by atoms with E-state index in [1.165, 1.54) is 56.1 Å². The quantitative estimate of drug-likeness (QED) is 0.700. The van der Waals surface area contributed by atoms with Crippen LogP contribution in [-0.4, -0.2) is 6.10 Å². The van der Waals surface area contributed by atoms with Crippen molar-refractivity contribution in [2.75, 3.05) is 0 Å². The van der Waals surface area contributed by atoms with E-state index in [9.17, 15) is 0 Å². The van der Waals surface area contributed by atoms with Crippen LogP contribution in [0.25, 0.3) is 0 Å². The van der Waals surface area contributed by atoms with Gasteiger partial charge in [0.2, 0.25) is 0 Å². The lowest BCUT2D eigenvalue weighted by Crippen LogP contribution is -2.32.